The van der Waals surface area contributed by atoms with E-state index in [9.17, 15) is 14.9 Å². The molecule has 2 amide bonds. The van der Waals surface area contributed by atoms with Gasteiger partial charge < -0.3 is 35.9 Å². The van der Waals surface area contributed by atoms with Crippen LogP contribution >= 0.6 is 0 Å². The Morgan fingerprint density at radius 3 is 2.61 bits per heavy atom. The first kappa shape index (κ1) is 27.4. The molecule has 4 aromatic rings. The number of carbonyl (C=O) groups is 2. The number of ether oxygens (including phenoxy) is 1. The van der Waals surface area contributed by atoms with Crippen molar-refractivity contribution in [1.29, 1.82) is 5.26 Å². The van der Waals surface area contributed by atoms with Crippen molar-refractivity contribution in [3.63, 3.8) is 0 Å². The van der Waals surface area contributed by atoms with Gasteiger partial charge >= 0.3 is 6.09 Å². The summed E-state index contributed by atoms with van der Waals surface area (Å²) in [6.07, 6.45) is 2.53. The number of anilines is 3. The van der Waals surface area contributed by atoms with E-state index in [1.807, 2.05) is 41.1 Å². The highest BCUT2D eigenvalue weighted by Crippen LogP contribution is 2.35. The zero-order valence-corrected chi connectivity index (χ0v) is 22.7. The molecule has 0 unspecified atom stereocenters. The van der Waals surface area contributed by atoms with Gasteiger partial charge in [-0.05, 0) is 24.7 Å². The molecule has 0 atom stereocenters. The molecule has 1 aliphatic rings. The minimum absolute atomic E-state index is 0.173. The van der Waals surface area contributed by atoms with Crippen LogP contribution in [0.1, 0.15) is 18.9 Å². The number of benzene rings is 2. The summed E-state index contributed by atoms with van der Waals surface area (Å²) in [6, 6.07) is 15.3. The van der Waals surface area contributed by atoms with Crippen LogP contribution in [0.3, 0.4) is 0 Å². The van der Waals surface area contributed by atoms with Crippen LogP contribution in [0.5, 0.6) is 5.75 Å². The van der Waals surface area contributed by atoms with Crippen LogP contribution in [0.25, 0.3) is 22.2 Å². The van der Waals surface area contributed by atoms with Crippen molar-refractivity contribution in [1.82, 2.24) is 19.4 Å². The predicted molar refractivity (Wildman–Crippen MR) is 156 cm³/mol. The summed E-state index contributed by atoms with van der Waals surface area (Å²) in [4.78, 5) is 36.8. The number of nitrogens with zero attached hydrogens (tertiary/aromatic N) is 6. The van der Waals surface area contributed by atoms with Crippen molar-refractivity contribution in [3.05, 3.63) is 60.4 Å². The second-order valence-corrected chi connectivity index (χ2v) is 9.69. The van der Waals surface area contributed by atoms with Crippen molar-refractivity contribution in [2.24, 2.45) is 11.5 Å². The molecule has 12 heteroatoms. The number of rotatable bonds is 9. The zero-order chi connectivity index (χ0) is 28.9. The normalized spacial score (nSPS) is 13.6. The summed E-state index contributed by atoms with van der Waals surface area (Å²) >= 11 is 0. The van der Waals surface area contributed by atoms with E-state index < -0.39 is 12.0 Å². The van der Waals surface area contributed by atoms with Crippen LogP contribution < -0.4 is 26.4 Å². The van der Waals surface area contributed by atoms with Gasteiger partial charge in [-0.2, -0.15) is 5.26 Å². The molecule has 3 heterocycles. The Morgan fingerprint density at radius 1 is 1.12 bits per heavy atom. The summed E-state index contributed by atoms with van der Waals surface area (Å²) in [7, 11) is 0. The number of carbonyl (C=O) groups excluding carboxylic acids is 2. The maximum atomic E-state index is 11.7. The van der Waals surface area contributed by atoms with Crippen LogP contribution in [0.2, 0.25) is 0 Å². The van der Waals surface area contributed by atoms with Crippen LogP contribution in [-0.4, -0.2) is 64.2 Å². The summed E-state index contributed by atoms with van der Waals surface area (Å²) in [6.45, 7) is 7.15. The summed E-state index contributed by atoms with van der Waals surface area (Å²) in [5, 5.41) is 13.8. The predicted octanol–water partition coefficient (Wildman–Crippen LogP) is 3.19. The van der Waals surface area contributed by atoms with E-state index in [4.69, 9.17) is 16.2 Å². The van der Waals surface area contributed by atoms with Gasteiger partial charge in [0.05, 0.1) is 23.1 Å². The molecule has 5 N–H and O–H groups in total. The fourth-order valence-corrected chi connectivity index (χ4v) is 5.03. The van der Waals surface area contributed by atoms with Gasteiger partial charge in [0.2, 0.25) is 11.9 Å². The average Bonchev–Trinajstić information content (AvgIpc) is 3.35. The van der Waals surface area contributed by atoms with Crippen molar-refractivity contribution < 1.29 is 14.3 Å². The topological polar surface area (TPSA) is 168 Å². The average molecular weight is 554 g/mol. The smallest absolute Gasteiger partial charge is 0.408 e. The third-order valence-electron chi connectivity index (χ3n) is 7.16. The van der Waals surface area contributed by atoms with E-state index in [-0.39, 0.29) is 23.7 Å². The van der Waals surface area contributed by atoms with Crippen molar-refractivity contribution >= 4 is 40.2 Å². The van der Waals surface area contributed by atoms with Gasteiger partial charge in [-0.15, -0.1) is 0 Å². The van der Waals surface area contributed by atoms with Crippen LogP contribution in [0.4, 0.5) is 22.1 Å². The number of aromatic nitrogens is 3. The Morgan fingerprint density at radius 2 is 1.90 bits per heavy atom. The number of piperazine rings is 1. The molecular formula is C29H31N9O3. The molecule has 5 rings (SSSR count). The van der Waals surface area contributed by atoms with Gasteiger partial charge in [0.25, 0.3) is 0 Å². The molecule has 0 bridgehead atoms. The maximum absolute atomic E-state index is 11.7. The molecule has 0 saturated carbocycles. The number of nitriles is 1. The summed E-state index contributed by atoms with van der Waals surface area (Å²) in [5.74, 6) is 0.0378. The van der Waals surface area contributed by atoms with Gasteiger partial charge in [0, 0.05) is 73.6 Å². The van der Waals surface area contributed by atoms with E-state index in [1.54, 1.807) is 12.1 Å². The highest BCUT2D eigenvalue weighted by molar-refractivity contribution is 5.96. The molecular weight excluding hydrogens is 522 g/mol. The number of amides is 2. The Kier molecular flexibility index (Phi) is 7.98. The standard InChI is InChI=1S/C29H31N9O3/c1-2-36-11-13-37(14-12-36)20-7-8-23(25(15-20)41-28(32)40)34-29-33-17-19(16-30)27(35-29)22-18-38(10-9-26(31)39)24-6-4-3-5-21(22)24/h3-8,15,17-18H,2,9-14H2,1H3,(H2,31,39)(H2,32,40)(H,33,34,35). The van der Waals surface area contributed by atoms with Crippen molar-refractivity contribution in [2.75, 3.05) is 42.9 Å². The largest absolute Gasteiger partial charge is 0.410 e. The second kappa shape index (κ2) is 11.9. The van der Waals surface area contributed by atoms with Crippen LogP contribution in [0, 0.1) is 11.3 Å². The van der Waals surface area contributed by atoms with Gasteiger partial charge in [-0.25, -0.2) is 14.8 Å². The number of hydrogen-bond donors (Lipinski definition) is 3. The molecule has 0 spiro atoms. The Hall–Kier alpha value is -5.15. The van der Waals surface area contributed by atoms with Crippen LogP contribution in [-0.2, 0) is 11.3 Å². The highest BCUT2D eigenvalue weighted by Gasteiger charge is 2.20. The molecule has 41 heavy (non-hydrogen) atoms. The molecule has 210 valence electrons. The van der Waals surface area contributed by atoms with E-state index in [2.05, 4.69) is 38.1 Å². The molecule has 0 aliphatic carbocycles. The number of nitrogens with two attached hydrogens (primary N) is 2. The van der Waals surface area contributed by atoms with Crippen molar-refractivity contribution in [2.45, 2.75) is 19.9 Å². The monoisotopic (exact) mass is 553 g/mol. The molecule has 2 aromatic carbocycles. The van der Waals surface area contributed by atoms with E-state index in [0.717, 1.165) is 49.3 Å². The molecule has 12 nitrogen and oxygen atoms in total. The lowest BCUT2D eigenvalue weighted by Crippen LogP contribution is -2.46. The number of fused-ring (bicyclic) bond motifs is 1. The first-order valence-electron chi connectivity index (χ1n) is 13.4. The third-order valence-corrected chi connectivity index (χ3v) is 7.16. The van der Waals surface area contributed by atoms with Gasteiger partial charge in [-0.3, -0.25) is 4.79 Å². The molecule has 2 aromatic heterocycles. The lowest BCUT2D eigenvalue weighted by atomic mass is 10.1. The minimum atomic E-state index is -0.939. The Bertz CT molecular complexity index is 1630. The molecule has 1 fully saturated rings. The summed E-state index contributed by atoms with van der Waals surface area (Å²) < 4.78 is 7.27. The number of aryl methyl sites for hydroxylation is 1. The zero-order valence-electron chi connectivity index (χ0n) is 22.7. The number of likely N-dealkylation sites (N-methyl/N-ethyl adjacent to an activating group) is 1. The lowest BCUT2D eigenvalue weighted by Gasteiger charge is -2.35. The fourth-order valence-electron chi connectivity index (χ4n) is 5.03. The van der Waals surface area contributed by atoms with Gasteiger partial charge in [0.15, 0.2) is 5.75 Å². The third kappa shape index (κ3) is 6.05. The quantitative estimate of drug-likeness (QED) is 0.282. The first-order valence-corrected chi connectivity index (χ1v) is 13.4. The SMILES string of the molecule is CCN1CCN(c2ccc(Nc3ncc(C#N)c(-c4cn(CCC(N)=O)c5ccccc45)n3)c(OC(N)=O)c2)CC1. The number of hydrogen-bond acceptors (Lipinski definition) is 9. The van der Waals surface area contributed by atoms with Gasteiger partial charge in [-0.1, -0.05) is 25.1 Å². The van der Waals surface area contributed by atoms with E-state index in [1.165, 1.54) is 6.20 Å². The fraction of sp³-hybridized carbons (Fsp3) is 0.276. The van der Waals surface area contributed by atoms with Gasteiger partial charge in [0.1, 0.15) is 6.07 Å². The van der Waals surface area contributed by atoms with E-state index in [0.29, 0.717) is 23.5 Å². The first-order chi connectivity index (χ1) is 19.9. The lowest BCUT2D eigenvalue weighted by molar-refractivity contribution is -0.118. The number of primary amides is 2. The summed E-state index contributed by atoms with van der Waals surface area (Å²) in [5.41, 5.74) is 14.4. The van der Waals surface area contributed by atoms with Crippen LogP contribution in [0.15, 0.2) is 54.9 Å². The molecule has 1 saturated heterocycles. The molecule has 0 radical (unpaired) electrons. The molecule has 1 aliphatic heterocycles. The maximum Gasteiger partial charge on any atom is 0.410 e. The highest BCUT2D eigenvalue weighted by atomic mass is 16.5. The minimum Gasteiger partial charge on any atom is -0.408 e. The number of para-hydroxylation sites is 1. The Balaban J connectivity index is 1.49. The second-order valence-electron chi connectivity index (χ2n) is 9.69. The Labute approximate surface area is 237 Å². The number of nitrogens with one attached hydrogen (secondary N) is 1. The van der Waals surface area contributed by atoms with E-state index >= 15 is 0 Å². The van der Waals surface area contributed by atoms with Crippen molar-refractivity contribution in [3.8, 4) is 23.1 Å².